The molecule has 1 aromatic carbocycles. The van der Waals surface area contributed by atoms with Gasteiger partial charge in [-0.3, -0.25) is 9.97 Å². The molecule has 0 fully saturated rings. The number of aryl methyl sites for hydroxylation is 1. The van der Waals surface area contributed by atoms with Crippen LogP contribution in [0.2, 0.25) is 10.0 Å². The second-order valence-corrected chi connectivity index (χ2v) is 7.14. The molecule has 140 valence electrons. The molecule has 4 rings (SSSR count). The van der Waals surface area contributed by atoms with Crippen molar-refractivity contribution in [3.8, 4) is 11.4 Å². The minimum absolute atomic E-state index is 0.182. The summed E-state index contributed by atoms with van der Waals surface area (Å²) in [5, 5.41) is 11.5. The molecule has 3 aromatic heterocycles. The van der Waals surface area contributed by atoms with Gasteiger partial charge in [-0.05, 0) is 48.4 Å². The van der Waals surface area contributed by atoms with E-state index in [9.17, 15) is 4.79 Å². The summed E-state index contributed by atoms with van der Waals surface area (Å²) in [6, 6.07) is 12.4. The first-order valence-corrected chi connectivity index (χ1v) is 9.36. The Morgan fingerprint density at radius 2 is 1.79 bits per heavy atom. The van der Waals surface area contributed by atoms with E-state index in [-0.39, 0.29) is 5.56 Å². The molecule has 0 radical (unpaired) electrons. The van der Waals surface area contributed by atoms with Crippen molar-refractivity contribution in [3.63, 3.8) is 0 Å². The second kappa shape index (κ2) is 7.62. The predicted octanol–water partition coefficient (Wildman–Crippen LogP) is 5.35. The number of carbonyl (C=O) groups is 1. The maximum Gasteiger partial charge on any atom is 0.335 e. The molecule has 3 heterocycles. The summed E-state index contributed by atoms with van der Waals surface area (Å²) in [6.45, 7) is 0.709. The first-order chi connectivity index (χ1) is 13.5. The van der Waals surface area contributed by atoms with Gasteiger partial charge in [-0.25, -0.2) is 4.79 Å². The molecule has 0 saturated carbocycles. The third-order valence-corrected chi connectivity index (χ3v) is 5.30. The molecule has 0 amide bonds. The van der Waals surface area contributed by atoms with Gasteiger partial charge in [-0.1, -0.05) is 29.3 Å². The molecule has 0 spiro atoms. The van der Waals surface area contributed by atoms with Crippen molar-refractivity contribution in [1.29, 1.82) is 0 Å². The number of carboxylic acids is 1. The molecule has 0 aliphatic rings. The van der Waals surface area contributed by atoms with Crippen molar-refractivity contribution in [2.24, 2.45) is 0 Å². The van der Waals surface area contributed by atoms with Gasteiger partial charge in [0.2, 0.25) is 0 Å². The number of hydrogen-bond donors (Lipinski definition) is 1. The van der Waals surface area contributed by atoms with Crippen LogP contribution in [0.1, 0.15) is 15.9 Å². The molecule has 0 aliphatic carbocycles. The highest BCUT2D eigenvalue weighted by Crippen LogP contribution is 2.26. The molecular formula is C21H15Cl2N3O2. The zero-order chi connectivity index (χ0) is 19.7. The van der Waals surface area contributed by atoms with Gasteiger partial charge in [-0.2, -0.15) is 0 Å². The van der Waals surface area contributed by atoms with Crippen LogP contribution in [0.4, 0.5) is 0 Å². The quantitative estimate of drug-likeness (QED) is 0.480. The fourth-order valence-corrected chi connectivity index (χ4v) is 3.72. The summed E-state index contributed by atoms with van der Waals surface area (Å²) in [6.07, 6.45) is 5.94. The third kappa shape index (κ3) is 3.59. The van der Waals surface area contributed by atoms with Crippen LogP contribution in [0, 0.1) is 0 Å². The minimum Gasteiger partial charge on any atom is -0.478 e. The molecule has 0 atom stereocenters. The van der Waals surface area contributed by atoms with Crippen molar-refractivity contribution in [1.82, 2.24) is 14.5 Å². The Labute approximate surface area is 171 Å². The van der Waals surface area contributed by atoms with Crippen molar-refractivity contribution < 1.29 is 9.90 Å². The number of rotatable bonds is 5. The molecular weight excluding hydrogens is 397 g/mol. The third-order valence-electron chi connectivity index (χ3n) is 4.59. The van der Waals surface area contributed by atoms with Crippen LogP contribution in [0.15, 0.2) is 61.1 Å². The van der Waals surface area contributed by atoms with Gasteiger partial charge in [0.1, 0.15) is 0 Å². The molecule has 28 heavy (non-hydrogen) atoms. The number of hydrogen-bond acceptors (Lipinski definition) is 3. The van der Waals surface area contributed by atoms with Crippen molar-refractivity contribution in [2.75, 3.05) is 0 Å². The fourth-order valence-electron chi connectivity index (χ4n) is 3.13. The summed E-state index contributed by atoms with van der Waals surface area (Å²) in [5.41, 5.74) is 3.23. The fraction of sp³-hybridized carbons (Fsp3) is 0.0952. The molecule has 0 unspecified atom stereocenters. The highest BCUT2D eigenvalue weighted by Gasteiger charge is 2.10. The lowest BCUT2D eigenvalue weighted by molar-refractivity contribution is 0.0697. The van der Waals surface area contributed by atoms with Crippen LogP contribution in [0.25, 0.3) is 22.3 Å². The molecule has 0 saturated heterocycles. The first kappa shape index (κ1) is 18.5. The first-order valence-electron chi connectivity index (χ1n) is 8.60. The van der Waals surface area contributed by atoms with E-state index in [1.807, 2.05) is 36.5 Å². The summed E-state index contributed by atoms with van der Waals surface area (Å²) < 4.78 is 2.09. The Bertz CT molecular complexity index is 1170. The number of halogens is 2. The number of pyridine rings is 2. The van der Waals surface area contributed by atoms with Crippen LogP contribution in [0.3, 0.4) is 0 Å². The van der Waals surface area contributed by atoms with Crippen molar-refractivity contribution in [2.45, 2.75) is 13.0 Å². The SMILES string of the molecule is O=C(O)c1ccnc(-c2cc3ccn(CCc4c(Cl)cccc4Cl)c3cn2)c1. The van der Waals surface area contributed by atoms with Crippen molar-refractivity contribution in [3.05, 3.63) is 82.2 Å². The lowest BCUT2D eigenvalue weighted by atomic mass is 10.1. The van der Waals surface area contributed by atoms with Gasteiger partial charge >= 0.3 is 5.97 Å². The van der Waals surface area contributed by atoms with E-state index in [1.165, 1.54) is 18.3 Å². The standard InChI is InChI=1S/C21H15Cl2N3O2/c22-16-2-1-3-17(23)15(16)6-9-26-8-5-13-10-19(25-12-20(13)26)18-11-14(21(27)28)4-7-24-18/h1-5,7-8,10-12H,6,9H2,(H,27,28). The minimum atomic E-state index is -0.992. The lowest BCUT2D eigenvalue weighted by Gasteiger charge is -2.09. The van der Waals surface area contributed by atoms with Gasteiger partial charge in [0.25, 0.3) is 0 Å². The number of fused-ring (bicyclic) bond motifs is 1. The molecule has 5 nitrogen and oxygen atoms in total. The Hall–Kier alpha value is -2.89. The van der Waals surface area contributed by atoms with E-state index in [0.29, 0.717) is 34.4 Å². The molecule has 7 heteroatoms. The van der Waals surface area contributed by atoms with Gasteiger partial charge in [0.05, 0.1) is 28.7 Å². The van der Waals surface area contributed by atoms with E-state index in [1.54, 1.807) is 6.20 Å². The average molecular weight is 412 g/mol. The maximum absolute atomic E-state index is 11.2. The van der Waals surface area contributed by atoms with E-state index in [0.717, 1.165) is 16.5 Å². The lowest BCUT2D eigenvalue weighted by Crippen LogP contribution is -2.01. The zero-order valence-corrected chi connectivity index (χ0v) is 16.2. The van der Waals surface area contributed by atoms with Gasteiger partial charge in [-0.15, -0.1) is 0 Å². The van der Waals surface area contributed by atoms with E-state index >= 15 is 0 Å². The molecule has 0 bridgehead atoms. The zero-order valence-electron chi connectivity index (χ0n) is 14.6. The number of benzene rings is 1. The predicted molar refractivity (Wildman–Crippen MR) is 110 cm³/mol. The number of carboxylic acid groups (broad SMARTS) is 1. The largest absolute Gasteiger partial charge is 0.478 e. The average Bonchev–Trinajstić information content (AvgIpc) is 3.10. The summed E-state index contributed by atoms with van der Waals surface area (Å²) in [5.74, 6) is -0.992. The van der Waals surface area contributed by atoms with Crippen LogP contribution in [0.5, 0.6) is 0 Å². The molecule has 4 aromatic rings. The topological polar surface area (TPSA) is 68.0 Å². The van der Waals surface area contributed by atoms with E-state index < -0.39 is 5.97 Å². The highest BCUT2D eigenvalue weighted by atomic mass is 35.5. The van der Waals surface area contributed by atoms with Crippen LogP contribution < -0.4 is 0 Å². The normalized spacial score (nSPS) is 11.1. The molecule has 0 aliphatic heterocycles. The second-order valence-electron chi connectivity index (χ2n) is 6.32. The number of aromatic nitrogens is 3. The molecule has 1 N–H and O–H groups in total. The Morgan fingerprint density at radius 3 is 2.54 bits per heavy atom. The Morgan fingerprint density at radius 1 is 1.04 bits per heavy atom. The number of aromatic carboxylic acids is 1. The summed E-state index contributed by atoms with van der Waals surface area (Å²) in [7, 11) is 0. The Kier molecular flexibility index (Phi) is 5.03. The van der Waals surface area contributed by atoms with Gasteiger partial charge < -0.3 is 9.67 Å². The van der Waals surface area contributed by atoms with Gasteiger partial charge in [0, 0.05) is 34.4 Å². The van der Waals surface area contributed by atoms with Crippen LogP contribution >= 0.6 is 23.2 Å². The van der Waals surface area contributed by atoms with E-state index in [2.05, 4.69) is 14.5 Å². The Balaban J connectivity index is 1.62. The van der Waals surface area contributed by atoms with Crippen LogP contribution in [-0.4, -0.2) is 25.6 Å². The van der Waals surface area contributed by atoms with E-state index in [4.69, 9.17) is 28.3 Å². The van der Waals surface area contributed by atoms with Crippen LogP contribution in [-0.2, 0) is 13.0 Å². The van der Waals surface area contributed by atoms with Gasteiger partial charge in [0.15, 0.2) is 0 Å². The highest BCUT2D eigenvalue weighted by molar-refractivity contribution is 6.35. The maximum atomic E-state index is 11.2. The number of nitrogens with zero attached hydrogens (tertiary/aromatic N) is 3. The summed E-state index contributed by atoms with van der Waals surface area (Å²) >= 11 is 12.5. The van der Waals surface area contributed by atoms with Crippen molar-refractivity contribution >= 4 is 40.1 Å². The summed E-state index contributed by atoms with van der Waals surface area (Å²) in [4.78, 5) is 19.9. The smallest absolute Gasteiger partial charge is 0.335 e. The monoisotopic (exact) mass is 411 g/mol.